The molecule has 1 aliphatic heterocycles. The summed E-state index contributed by atoms with van der Waals surface area (Å²) >= 11 is 1.84. The van der Waals surface area contributed by atoms with Crippen molar-refractivity contribution in [3.63, 3.8) is 0 Å². The van der Waals surface area contributed by atoms with E-state index in [0.29, 0.717) is 12.1 Å². The Bertz CT molecular complexity index is 716. The molecule has 1 saturated heterocycles. The Hall–Kier alpha value is -1.12. The van der Waals surface area contributed by atoms with Crippen molar-refractivity contribution in [3.8, 4) is 0 Å². The van der Waals surface area contributed by atoms with E-state index in [1.807, 2.05) is 18.4 Å². The number of rotatable bonds is 5. The fourth-order valence-corrected chi connectivity index (χ4v) is 4.37. The van der Waals surface area contributed by atoms with E-state index in [1.165, 1.54) is 15.3 Å². The molecule has 0 bridgehead atoms. The molecule has 148 valence electrons. The summed E-state index contributed by atoms with van der Waals surface area (Å²) in [6.07, 6.45) is 2.29. The van der Waals surface area contributed by atoms with Crippen LogP contribution in [-0.2, 0) is 13.1 Å². The Morgan fingerprint density at radius 3 is 2.63 bits per heavy atom. The lowest BCUT2D eigenvalue weighted by molar-refractivity contribution is 0.134. The van der Waals surface area contributed by atoms with Crippen molar-refractivity contribution in [1.82, 2.24) is 15.5 Å². The minimum atomic E-state index is 0. The summed E-state index contributed by atoms with van der Waals surface area (Å²) in [5.41, 5.74) is 1.40. The zero-order valence-electron chi connectivity index (χ0n) is 16.4. The van der Waals surface area contributed by atoms with Crippen LogP contribution in [0.3, 0.4) is 0 Å². The zero-order chi connectivity index (χ0) is 18.4. The lowest BCUT2D eigenvalue weighted by Crippen LogP contribution is -2.51. The Morgan fingerprint density at radius 2 is 2.00 bits per heavy atom. The average molecular weight is 498 g/mol. The SMILES string of the molecule is CN=C(NCc1ccc(C)s1)NC1CCN(Cc2ccccc2)C(C)C1.I. The van der Waals surface area contributed by atoms with Gasteiger partial charge in [-0.15, -0.1) is 35.3 Å². The lowest BCUT2D eigenvalue weighted by Gasteiger charge is -2.38. The van der Waals surface area contributed by atoms with Crippen molar-refractivity contribution in [3.05, 3.63) is 57.8 Å². The molecule has 4 nitrogen and oxygen atoms in total. The van der Waals surface area contributed by atoms with Gasteiger partial charge in [-0.25, -0.2) is 0 Å². The molecule has 0 spiro atoms. The average Bonchev–Trinajstić information content (AvgIpc) is 3.07. The van der Waals surface area contributed by atoms with Crippen LogP contribution in [0.2, 0.25) is 0 Å². The quantitative estimate of drug-likeness (QED) is 0.365. The minimum Gasteiger partial charge on any atom is -0.354 e. The number of halogens is 1. The molecule has 0 radical (unpaired) electrons. The molecule has 27 heavy (non-hydrogen) atoms. The van der Waals surface area contributed by atoms with E-state index < -0.39 is 0 Å². The number of hydrogen-bond acceptors (Lipinski definition) is 3. The van der Waals surface area contributed by atoms with E-state index in [2.05, 4.69) is 76.8 Å². The molecule has 2 N–H and O–H groups in total. The van der Waals surface area contributed by atoms with Gasteiger partial charge >= 0.3 is 0 Å². The number of nitrogens with one attached hydrogen (secondary N) is 2. The van der Waals surface area contributed by atoms with Gasteiger partial charge in [0.2, 0.25) is 0 Å². The van der Waals surface area contributed by atoms with E-state index in [0.717, 1.165) is 38.4 Å². The highest BCUT2D eigenvalue weighted by Crippen LogP contribution is 2.20. The Morgan fingerprint density at radius 1 is 1.22 bits per heavy atom. The van der Waals surface area contributed by atoms with Crippen molar-refractivity contribution >= 4 is 41.3 Å². The smallest absolute Gasteiger partial charge is 0.191 e. The van der Waals surface area contributed by atoms with Crippen LogP contribution < -0.4 is 10.6 Å². The fourth-order valence-electron chi connectivity index (χ4n) is 3.54. The van der Waals surface area contributed by atoms with Gasteiger partial charge in [0.15, 0.2) is 5.96 Å². The van der Waals surface area contributed by atoms with Crippen LogP contribution in [-0.4, -0.2) is 36.5 Å². The maximum Gasteiger partial charge on any atom is 0.191 e. The number of likely N-dealkylation sites (tertiary alicyclic amines) is 1. The molecule has 1 aliphatic rings. The summed E-state index contributed by atoms with van der Waals surface area (Å²) in [6.45, 7) is 7.47. The van der Waals surface area contributed by atoms with Gasteiger partial charge in [0, 0.05) is 42.0 Å². The number of aliphatic imine (C=N–C) groups is 1. The molecular weight excluding hydrogens is 467 g/mol. The normalized spacial score (nSPS) is 20.8. The van der Waals surface area contributed by atoms with E-state index in [-0.39, 0.29) is 24.0 Å². The first-order valence-electron chi connectivity index (χ1n) is 9.44. The van der Waals surface area contributed by atoms with E-state index in [4.69, 9.17) is 0 Å². The predicted octanol–water partition coefficient (Wildman–Crippen LogP) is 4.39. The van der Waals surface area contributed by atoms with Crippen LogP contribution >= 0.6 is 35.3 Å². The largest absolute Gasteiger partial charge is 0.354 e. The van der Waals surface area contributed by atoms with Crippen LogP contribution in [0.1, 0.15) is 35.1 Å². The number of benzene rings is 1. The summed E-state index contributed by atoms with van der Waals surface area (Å²) in [5, 5.41) is 7.06. The van der Waals surface area contributed by atoms with E-state index in [9.17, 15) is 0 Å². The first-order chi connectivity index (χ1) is 12.6. The number of aryl methyl sites for hydroxylation is 1. The third kappa shape index (κ3) is 6.76. The molecule has 0 aliphatic carbocycles. The van der Waals surface area contributed by atoms with Crippen molar-refractivity contribution in [1.29, 1.82) is 0 Å². The summed E-state index contributed by atoms with van der Waals surface area (Å²) in [4.78, 5) is 9.68. The van der Waals surface area contributed by atoms with Gasteiger partial charge in [0.25, 0.3) is 0 Å². The molecular formula is C21H31IN4S. The van der Waals surface area contributed by atoms with Gasteiger partial charge in [0.05, 0.1) is 6.54 Å². The third-order valence-electron chi connectivity index (χ3n) is 5.03. The van der Waals surface area contributed by atoms with Gasteiger partial charge in [-0.2, -0.15) is 0 Å². The fraction of sp³-hybridized carbons (Fsp3) is 0.476. The molecule has 3 rings (SSSR count). The second kappa shape index (κ2) is 11.0. The number of guanidine groups is 1. The third-order valence-corrected chi connectivity index (χ3v) is 6.03. The highest BCUT2D eigenvalue weighted by Gasteiger charge is 2.25. The monoisotopic (exact) mass is 498 g/mol. The van der Waals surface area contributed by atoms with Crippen molar-refractivity contribution in [2.24, 2.45) is 4.99 Å². The molecule has 0 amide bonds. The second-order valence-electron chi connectivity index (χ2n) is 7.11. The Kier molecular flexibility index (Phi) is 9.05. The van der Waals surface area contributed by atoms with Crippen LogP contribution in [0.25, 0.3) is 0 Å². The topological polar surface area (TPSA) is 39.7 Å². The first kappa shape index (κ1) is 22.2. The first-order valence-corrected chi connectivity index (χ1v) is 10.3. The van der Waals surface area contributed by atoms with Crippen molar-refractivity contribution in [2.45, 2.75) is 51.9 Å². The number of thiophene rings is 1. The molecule has 1 aromatic carbocycles. The molecule has 2 aromatic rings. The summed E-state index contributed by atoms with van der Waals surface area (Å²) in [6, 6.07) is 16.2. The Balaban J connectivity index is 0.00000261. The zero-order valence-corrected chi connectivity index (χ0v) is 19.6. The standard InChI is InChI=1S/C21H30N4S.HI/c1-16-13-19(11-12-25(16)15-18-7-5-4-6-8-18)24-21(22-3)23-14-20-10-9-17(2)26-20;/h4-10,16,19H,11-15H2,1-3H3,(H2,22,23,24);1H. The van der Waals surface area contributed by atoms with Gasteiger partial charge in [0.1, 0.15) is 0 Å². The molecule has 2 heterocycles. The second-order valence-corrected chi connectivity index (χ2v) is 8.48. The molecule has 0 saturated carbocycles. The van der Waals surface area contributed by atoms with Gasteiger partial charge < -0.3 is 10.6 Å². The van der Waals surface area contributed by atoms with E-state index >= 15 is 0 Å². The number of nitrogens with zero attached hydrogens (tertiary/aromatic N) is 2. The summed E-state index contributed by atoms with van der Waals surface area (Å²) < 4.78 is 0. The molecule has 6 heteroatoms. The highest BCUT2D eigenvalue weighted by atomic mass is 127. The number of piperidine rings is 1. The van der Waals surface area contributed by atoms with E-state index in [1.54, 1.807) is 0 Å². The van der Waals surface area contributed by atoms with Gasteiger partial charge in [-0.05, 0) is 44.4 Å². The Labute approximate surface area is 184 Å². The maximum absolute atomic E-state index is 4.40. The number of hydrogen-bond donors (Lipinski definition) is 2. The lowest BCUT2D eigenvalue weighted by atomic mass is 9.97. The highest BCUT2D eigenvalue weighted by molar-refractivity contribution is 14.0. The van der Waals surface area contributed by atoms with Crippen molar-refractivity contribution < 1.29 is 0 Å². The maximum atomic E-state index is 4.40. The van der Waals surface area contributed by atoms with Gasteiger partial charge in [-0.3, -0.25) is 9.89 Å². The van der Waals surface area contributed by atoms with Crippen molar-refractivity contribution in [2.75, 3.05) is 13.6 Å². The molecule has 1 fully saturated rings. The van der Waals surface area contributed by atoms with Crippen LogP contribution in [0.15, 0.2) is 47.5 Å². The minimum absolute atomic E-state index is 0. The van der Waals surface area contributed by atoms with Gasteiger partial charge in [-0.1, -0.05) is 30.3 Å². The predicted molar refractivity (Wildman–Crippen MR) is 127 cm³/mol. The molecule has 1 aromatic heterocycles. The van der Waals surface area contributed by atoms with Crippen LogP contribution in [0, 0.1) is 6.92 Å². The molecule has 2 atom stereocenters. The van der Waals surface area contributed by atoms with Crippen LogP contribution in [0.4, 0.5) is 0 Å². The van der Waals surface area contributed by atoms with Crippen LogP contribution in [0.5, 0.6) is 0 Å². The summed E-state index contributed by atoms with van der Waals surface area (Å²) in [5.74, 6) is 0.907. The summed E-state index contributed by atoms with van der Waals surface area (Å²) in [7, 11) is 1.85. The molecule has 2 unspecified atom stereocenters.